The number of urea groups is 1. The van der Waals surface area contributed by atoms with Crippen LogP contribution < -0.4 is 15.7 Å². The monoisotopic (exact) mass is 334 g/mol. The number of nitrogens with one attached hydrogen (secondary N) is 1. The molecule has 2 aromatic rings. The van der Waals surface area contributed by atoms with E-state index in [0.29, 0.717) is 31.1 Å². The first-order valence-electron chi connectivity index (χ1n) is 7.44. The molecular weight excluding hydrogens is 316 g/mol. The van der Waals surface area contributed by atoms with Crippen molar-refractivity contribution >= 4 is 17.4 Å². The van der Waals surface area contributed by atoms with Crippen LogP contribution in [0.4, 0.5) is 4.79 Å². The fourth-order valence-corrected chi connectivity index (χ4v) is 3.18. The zero-order valence-electron chi connectivity index (χ0n) is 12.8. The second-order valence-corrected chi connectivity index (χ2v) is 6.47. The molecule has 0 bridgehead atoms. The molecular formula is C16H18N2O4S. The van der Waals surface area contributed by atoms with Gasteiger partial charge in [-0.25, -0.2) is 9.59 Å². The summed E-state index contributed by atoms with van der Waals surface area (Å²) in [6.07, 6.45) is 0.634. The highest BCUT2D eigenvalue weighted by atomic mass is 32.1. The molecule has 23 heavy (non-hydrogen) atoms. The molecule has 6 nitrogen and oxygen atoms in total. The van der Waals surface area contributed by atoms with E-state index in [-0.39, 0.29) is 12.1 Å². The lowest BCUT2D eigenvalue weighted by Gasteiger charge is -2.17. The molecule has 2 amide bonds. The van der Waals surface area contributed by atoms with E-state index in [1.807, 2.05) is 17.5 Å². The number of aryl methyl sites for hydroxylation is 1. The first kappa shape index (κ1) is 15.6. The Kier molecular flexibility index (Phi) is 4.66. The highest BCUT2D eigenvalue weighted by Gasteiger charge is 2.27. The van der Waals surface area contributed by atoms with Gasteiger partial charge in [0, 0.05) is 23.9 Å². The van der Waals surface area contributed by atoms with E-state index < -0.39 is 5.63 Å². The Morgan fingerprint density at radius 3 is 3.13 bits per heavy atom. The largest absolute Gasteiger partial charge is 0.488 e. The van der Waals surface area contributed by atoms with Crippen LogP contribution in [0, 0.1) is 6.92 Å². The number of hydrogen-bond donors (Lipinski definition) is 1. The highest BCUT2D eigenvalue weighted by Crippen LogP contribution is 2.18. The molecule has 122 valence electrons. The summed E-state index contributed by atoms with van der Waals surface area (Å²) in [7, 11) is 0. The zero-order valence-corrected chi connectivity index (χ0v) is 13.6. The molecule has 0 aromatic carbocycles. The standard InChI is InChI=1S/C16H18N2O4S/c1-11-7-13(8-15(19)21-11)22-12-4-5-18(10-12)16(20)17-9-14-3-2-6-23-14/h2-3,6-8,12H,4-5,9-10H2,1H3,(H,17,20). The van der Waals surface area contributed by atoms with Crippen molar-refractivity contribution in [3.63, 3.8) is 0 Å². The lowest BCUT2D eigenvalue weighted by atomic mass is 10.3. The second-order valence-electron chi connectivity index (χ2n) is 5.44. The van der Waals surface area contributed by atoms with Gasteiger partial charge in [0.05, 0.1) is 19.2 Å². The molecule has 3 rings (SSSR count). The van der Waals surface area contributed by atoms with E-state index in [4.69, 9.17) is 9.15 Å². The average Bonchev–Trinajstić information content (AvgIpc) is 3.15. The third-order valence-corrected chi connectivity index (χ3v) is 4.47. The Morgan fingerprint density at radius 1 is 1.52 bits per heavy atom. The molecule has 1 N–H and O–H groups in total. The van der Waals surface area contributed by atoms with Gasteiger partial charge in [-0.3, -0.25) is 0 Å². The van der Waals surface area contributed by atoms with Crippen LogP contribution in [0.15, 0.2) is 38.9 Å². The molecule has 0 saturated carbocycles. The van der Waals surface area contributed by atoms with Crippen LogP contribution >= 0.6 is 11.3 Å². The highest BCUT2D eigenvalue weighted by molar-refractivity contribution is 7.09. The van der Waals surface area contributed by atoms with Gasteiger partial charge in [0.2, 0.25) is 0 Å². The minimum Gasteiger partial charge on any atom is -0.488 e. The lowest BCUT2D eigenvalue weighted by Crippen LogP contribution is -2.38. The van der Waals surface area contributed by atoms with E-state index in [0.717, 1.165) is 11.3 Å². The summed E-state index contributed by atoms with van der Waals surface area (Å²) in [5, 5.41) is 4.89. The number of thiophene rings is 1. The minimum atomic E-state index is -0.427. The molecule has 7 heteroatoms. The molecule has 3 heterocycles. The van der Waals surface area contributed by atoms with Crippen LogP contribution in [0.25, 0.3) is 0 Å². The summed E-state index contributed by atoms with van der Waals surface area (Å²) < 4.78 is 10.7. The first-order valence-corrected chi connectivity index (χ1v) is 8.32. The maximum Gasteiger partial charge on any atom is 0.339 e. The molecule has 0 spiro atoms. The van der Waals surface area contributed by atoms with Crippen molar-refractivity contribution in [2.75, 3.05) is 13.1 Å². The number of ether oxygens (including phenoxy) is 1. The number of rotatable bonds is 4. The quantitative estimate of drug-likeness (QED) is 0.932. The van der Waals surface area contributed by atoms with Gasteiger partial charge in [0.1, 0.15) is 17.6 Å². The average molecular weight is 334 g/mol. The molecule has 1 fully saturated rings. The third kappa shape index (κ3) is 4.13. The van der Waals surface area contributed by atoms with Gasteiger partial charge in [-0.05, 0) is 18.4 Å². The van der Waals surface area contributed by atoms with E-state index in [1.165, 1.54) is 6.07 Å². The Balaban J connectivity index is 1.51. The maximum atomic E-state index is 12.1. The summed E-state index contributed by atoms with van der Waals surface area (Å²) in [5.74, 6) is 1.00. The van der Waals surface area contributed by atoms with Crippen molar-refractivity contribution in [2.45, 2.75) is 26.0 Å². The number of carbonyl (C=O) groups excluding carboxylic acids is 1. The van der Waals surface area contributed by atoms with E-state index in [1.54, 1.807) is 29.2 Å². The van der Waals surface area contributed by atoms with Crippen molar-refractivity contribution in [3.05, 3.63) is 50.7 Å². The Labute approximate surface area is 137 Å². The molecule has 1 unspecified atom stereocenters. The molecule has 0 aliphatic carbocycles. The topological polar surface area (TPSA) is 71.8 Å². The number of hydrogen-bond acceptors (Lipinski definition) is 5. The summed E-state index contributed by atoms with van der Waals surface area (Å²) >= 11 is 1.62. The van der Waals surface area contributed by atoms with Crippen molar-refractivity contribution in [3.8, 4) is 5.75 Å². The first-order chi connectivity index (χ1) is 11.1. The van der Waals surface area contributed by atoms with Crippen LogP contribution in [0.2, 0.25) is 0 Å². The Hall–Kier alpha value is -2.28. The molecule has 1 aliphatic rings. The smallest absolute Gasteiger partial charge is 0.339 e. The number of amides is 2. The number of likely N-dealkylation sites (tertiary alicyclic amines) is 1. The lowest BCUT2D eigenvalue weighted by molar-refractivity contribution is 0.185. The van der Waals surface area contributed by atoms with Gasteiger partial charge in [0.25, 0.3) is 0 Å². The Bertz CT molecular complexity index is 726. The molecule has 1 atom stereocenters. The van der Waals surface area contributed by atoms with Gasteiger partial charge < -0.3 is 19.4 Å². The van der Waals surface area contributed by atoms with Crippen LogP contribution in [0.3, 0.4) is 0 Å². The number of nitrogens with zero attached hydrogens (tertiary/aromatic N) is 1. The van der Waals surface area contributed by atoms with E-state index in [2.05, 4.69) is 5.32 Å². The van der Waals surface area contributed by atoms with E-state index in [9.17, 15) is 9.59 Å². The van der Waals surface area contributed by atoms with Crippen LogP contribution in [-0.2, 0) is 6.54 Å². The summed E-state index contributed by atoms with van der Waals surface area (Å²) in [6, 6.07) is 6.87. The van der Waals surface area contributed by atoms with Crippen molar-refractivity contribution in [1.82, 2.24) is 10.2 Å². The SMILES string of the molecule is Cc1cc(OC2CCN(C(=O)NCc3cccs3)C2)cc(=O)o1. The predicted molar refractivity (Wildman–Crippen MR) is 86.9 cm³/mol. The van der Waals surface area contributed by atoms with Gasteiger partial charge in [-0.2, -0.15) is 0 Å². The van der Waals surface area contributed by atoms with Crippen molar-refractivity contribution < 1.29 is 13.9 Å². The number of carbonyl (C=O) groups is 1. The van der Waals surface area contributed by atoms with Gasteiger partial charge >= 0.3 is 11.7 Å². The van der Waals surface area contributed by atoms with Crippen LogP contribution in [0.5, 0.6) is 5.75 Å². The summed E-state index contributed by atoms with van der Waals surface area (Å²) in [6.45, 7) is 3.39. The summed E-state index contributed by atoms with van der Waals surface area (Å²) in [4.78, 5) is 26.3. The van der Waals surface area contributed by atoms with Crippen molar-refractivity contribution in [2.24, 2.45) is 0 Å². The molecule has 2 aromatic heterocycles. The minimum absolute atomic E-state index is 0.0896. The zero-order chi connectivity index (χ0) is 16.2. The fourth-order valence-electron chi connectivity index (χ4n) is 2.53. The van der Waals surface area contributed by atoms with Gasteiger partial charge in [0.15, 0.2) is 0 Å². The normalized spacial score (nSPS) is 17.3. The Morgan fingerprint density at radius 2 is 2.39 bits per heavy atom. The molecule has 0 radical (unpaired) electrons. The third-order valence-electron chi connectivity index (χ3n) is 3.60. The summed E-state index contributed by atoms with van der Waals surface area (Å²) in [5.41, 5.74) is -0.427. The van der Waals surface area contributed by atoms with Crippen molar-refractivity contribution in [1.29, 1.82) is 0 Å². The van der Waals surface area contributed by atoms with E-state index >= 15 is 0 Å². The maximum absolute atomic E-state index is 12.1. The molecule has 1 aliphatic heterocycles. The second kappa shape index (κ2) is 6.87. The molecule has 1 saturated heterocycles. The fraction of sp³-hybridized carbons (Fsp3) is 0.375. The predicted octanol–water partition coefficient (Wildman–Crippen LogP) is 2.37. The van der Waals surface area contributed by atoms with Crippen LogP contribution in [-0.4, -0.2) is 30.1 Å². The van der Waals surface area contributed by atoms with Gasteiger partial charge in [-0.15, -0.1) is 11.3 Å². The van der Waals surface area contributed by atoms with Crippen LogP contribution in [0.1, 0.15) is 17.1 Å². The van der Waals surface area contributed by atoms with Gasteiger partial charge in [-0.1, -0.05) is 6.07 Å².